The van der Waals surface area contributed by atoms with Crippen molar-refractivity contribution in [2.75, 3.05) is 37.8 Å². The molecule has 0 unspecified atom stereocenters. The summed E-state index contributed by atoms with van der Waals surface area (Å²) in [6, 6.07) is 6.06. The van der Waals surface area contributed by atoms with Crippen LogP contribution in [0.2, 0.25) is 0 Å². The number of piperazine rings is 1. The Kier molecular flexibility index (Phi) is 4.94. The van der Waals surface area contributed by atoms with Crippen molar-refractivity contribution in [1.82, 2.24) is 9.21 Å². The van der Waals surface area contributed by atoms with Crippen molar-refractivity contribution >= 4 is 38.7 Å². The fourth-order valence-corrected chi connectivity index (χ4v) is 3.25. The molecule has 1 saturated heterocycles. The molecule has 120 valence electrons. The van der Waals surface area contributed by atoms with E-state index in [4.69, 9.17) is 12.2 Å². The topological polar surface area (TPSA) is 95.8 Å². The van der Waals surface area contributed by atoms with E-state index in [0.29, 0.717) is 37.0 Å². The van der Waals surface area contributed by atoms with Crippen LogP contribution in [0.3, 0.4) is 0 Å². The van der Waals surface area contributed by atoms with E-state index in [-0.39, 0.29) is 5.69 Å². The number of sulfonamides is 1. The first-order valence-electron chi connectivity index (χ1n) is 6.53. The molecule has 0 aliphatic carbocycles. The van der Waals surface area contributed by atoms with Gasteiger partial charge in [0.2, 0.25) is 10.0 Å². The third-order valence-electron chi connectivity index (χ3n) is 3.30. The summed E-state index contributed by atoms with van der Waals surface area (Å²) in [6.45, 7) is 1.70. The van der Waals surface area contributed by atoms with Gasteiger partial charge in [-0.15, -0.1) is 0 Å². The molecule has 1 heterocycles. The largest absolute Gasteiger partial charge is 0.346 e. The third-order valence-corrected chi connectivity index (χ3v) is 4.97. The maximum Gasteiger partial charge on any atom is 0.271 e. The highest BCUT2D eigenvalue weighted by Crippen LogP contribution is 2.18. The summed E-state index contributed by atoms with van der Waals surface area (Å²) >= 11 is 5.27. The number of nitrogens with one attached hydrogen (secondary N) is 1. The van der Waals surface area contributed by atoms with E-state index in [0.717, 1.165) is 0 Å². The molecule has 0 bridgehead atoms. The number of thiocarbonyl (C=S) groups is 1. The Hall–Kier alpha value is -1.78. The minimum atomic E-state index is -3.18. The van der Waals surface area contributed by atoms with Crippen LogP contribution in [0.25, 0.3) is 0 Å². The Morgan fingerprint density at radius 1 is 1.32 bits per heavy atom. The average molecular weight is 344 g/mol. The molecule has 1 N–H and O–H groups in total. The lowest BCUT2D eigenvalue weighted by molar-refractivity contribution is -0.384. The highest BCUT2D eigenvalue weighted by atomic mass is 32.2. The van der Waals surface area contributed by atoms with Gasteiger partial charge in [-0.1, -0.05) is 6.07 Å². The smallest absolute Gasteiger partial charge is 0.271 e. The number of hydrogen-bond donors (Lipinski definition) is 1. The molecule has 10 heteroatoms. The fourth-order valence-electron chi connectivity index (χ4n) is 2.12. The van der Waals surface area contributed by atoms with Crippen LogP contribution in [0, 0.1) is 10.1 Å². The van der Waals surface area contributed by atoms with Crippen molar-refractivity contribution < 1.29 is 13.3 Å². The Bertz CT molecular complexity index is 684. The first-order valence-corrected chi connectivity index (χ1v) is 8.78. The lowest BCUT2D eigenvalue weighted by Crippen LogP contribution is -2.51. The molecule has 22 heavy (non-hydrogen) atoms. The van der Waals surface area contributed by atoms with Gasteiger partial charge >= 0.3 is 0 Å². The zero-order valence-electron chi connectivity index (χ0n) is 11.9. The zero-order chi connectivity index (χ0) is 16.3. The molecule has 2 rings (SSSR count). The molecule has 1 aromatic rings. The zero-order valence-corrected chi connectivity index (χ0v) is 13.6. The molecule has 0 atom stereocenters. The number of benzene rings is 1. The number of rotatable bonds is 3. The molecule has 0 aromatic heterocycles. The molecular weight excluding hydrogens is 328 g/mol. The Balaban J connectivity index is 1.96. The number of anilines is 1. The van der Waals surface area contributed by atoms with Gasteiger partial charge in [0.25, 0.3) is 5.69 Å². The number of nitrogens with zero attached hydrogens (tertiary/aromatic N) is 3. The van der Waals surface area contributed by atoms with E-state index in [1.807, 2.05) is 4.90 Å². The van der Waals surface area contributed by atoms with Crippen LogP contribution < -0.4 is 5.32 Å². The molecule has 1 aromatic carbocycles. The van der Waals surface area contributed by atoms with Gasteiger partial charge in [0.15, 0.2) is 5.11 Å². The SMILES string of the molecule is CS(=O)(=O)N1CCN(C(=S)Nc2cccc([N+](=O)[O-])c2)CC1. The van der Waals surface area contributed by atoms with E-state index in [9.17, 15) is 18.5 Å². The Morgan fingerprint density at radius 2 is 1.95 bits per heavy atom. The summed E-state index contributed by atoms with van der Waals surface area (Å²) in [4.78, 5) is 12.1. The summed E-state index contributed by atoms with van der Waals surface area (Å²) in [7, 11) is -3.18. The number of nitro groups is 1. The average Bonchev–Trinajstić information content (AvgIpc) is 2.46. The molecule has 1 fully saturated rings. The van der Waals surface area contributed by atoms with Crippen LogP contribution in [0.5, 0.6) is 0 Å². The van der Waals surface area contributed by atoms with Gasteiger partial charge < -0.3 is 10.2 Å². The van der Waals surface area contributed by atoms with Crippen LogP contribution in [0.1, 0.15) is 0 Å². The van der Waals surface area contributed by atoms with Crippen LogP contribution in [-0.4, -0.2) is 60.1 Å². The highest BCUT2D eigenvalue weighted by molar-refractivity contribution is 7.88. The summed E-state index contributed by atoms with van der Waals surface area (Å²) < 4.78 is 24.3. The van der Waals surface area contributed by atoms with Crippen LogP contribution in [0.4, 0.5) is 11.4 Å². The molecule has 0 radical (unpaired) electrons. The molecule has 8 nitrogen and oxygen atoms in total. The highest BCUT2D eigenvalue weighted by Gasteiger charge is 2.24. The summed E-state index contributed by atoms with van der Waals surface area (Å²) in [6.07, 6.45) is 1.18. The van der Waals surface area contributed by atoms with Gasteiger partial charge in [0.1, 0.15) is 0 Å². The molecule has 0 spiro atoms. The van der Waals surface area contributed by atoms with Crippen LogP contribution in [0.15, 0.2) is 24.3 Å². The number of hydrogen-bond acceptors (Lipinski definition) is 5. The van der Waals surface area contributed by atoms with E-state index in [1.165, 1.54) is 22.7 Å². The molecule has 1 aliphatic rings. The second-order valence-electron chi connectivity index (χ2n) is 4.89. The summed E-state index contributed by atoms with van der Waals surface area (Å²) in [5.41, 5.74) is 0.513. The van der Waals surface area contributed by atoms with E-state index >= 15 is 0 Å². The maximum atomic E-state index is 11.5. The Morgan fingerprint density at radius 3 is 2.50 bits per heavy atom. The van der Waals surface area contributed by atoms with Gasteiger partial charge in [-0.25, -0.2) is 8.42 Å². The molecule has 1 aliphatic heterocycles. The normalized spacial score (nSPS) is 16.3. The Labute approximate surface area is 133 Å². The minimum Gasteiger partial charge on any atom is -0.346 e. The second kappa shape index (κ2) is 6.55. The lowest BCUT2D eigenvalue weighted by atomic mass is 10.3. The quantitative estimate of drug-likeness (QED) is 0.494. The third kappa shape index (κ3) is 4.12. The first kappa shape index (κ1) is 16.6. The van der Waals surface area contributed by atoms with Gasteiger partial charge in [0.05, 0.1) is 11.2 Å². The molecular formula is C12H16N4O4S2. The lowest BCUT2D eigenvalue weighted by Gasteiger charge is -2.34. The fraction of sp³-hybridized carbons (Fsp3) is 0.417. The van der Waals surface area contributed by atoms with E-state index < -0.39 is 14.9 Å². The number of non-ortho nitro benzene ring substituents is 1. The van der Waals surface area contributed by atoms with Crippen molar-refractivity contribution in [2.24, 2.45) is 0 Å². The maximum absolute atomic E-state index is 11.5. The monoisotopic (exact) mass is 344 g/mol. The van der Waals surface area contributed by atoms with Crippen molar-refractivity contribution in [3.05, 3.63) is 34.4 Å². The van der Waals surface area contributed by atoms with Crippen molar-refractivity contribution in [1.29, 1.82) is 0 Å². The van der Waals surface area contributed by atoms with E-state index in [2.05, 4.69) is 5.32 Å². The summed E-state index contributed by atoms with van der Waals surface area (Å²) in [5, 5.41) is 14.1. The predicted octanol–water partition coefficient (Wildman–Crippen LogP) is 0.869. The van der Waals surface area contributed by atoms with Crippen molar-refractivity contribution in [3.8, 4) is 0 Å². The van der Waals surface area contributed by atoms with Gasteiger partial charge in [-0.3, -0.25) is 10.1 Å². The standard InChI is InChI=1S/C12H16N4O4S2/c1-22(19,20)15-7-5-14(6-8-15)12(21)13-10-3-2-4-11(9-10)16(17)18/h2-4,9H,5-8H2,1H3,(H,13,21). The minimum absolute atomic E-state index is 0.0188. The van der Waals surface area contributed by atoms with E-state index in [1.54, 1.807) is 12.1 Å². The molecule has 0 amide bonds. The second-order valence-corrected chi connectivity index (χ2v) is 7.26. The summed E-state index contributed by atoms with van der Waals surface area (Å²) in [5.74, 6) is 0. The predicted molar refractivity (Wildman–Crippen MR) is 87.3 cm³/mol. The van der Waals surface area contributed by atoms with Crippen LogP contribution >= 0.6 is 12.2 Å². The van der Waals surface area contributed by atoms with Crippen LogP contribution in [-0.2, 0) is 10.0 Å². The first-order chi connectivity index (χ1) is 10.3. The van der Waals surface area contributed by atoms with Gasteiger partial charge in [0, 0.05) is 44.0 Å². The van der Waals surface area contributed by atoms with Crippen molar-refractivity contribution in [3.63, 3.8) is 0 Å². The van der Waals surface area contributed by atoms with Crippen molar-refractivity contribution in [2.45, 2.75) is 0 Å². The number of nitro benzene ring substituents is 1. The molecule has 0 saturated carbocycles. The van der Waals surface area contributed by atoms with Gasteiger partial charge in [-0.2, -0.15) is 4.31 Å². The van der Waals surface area contributed by atoms with Gasteiger partial charge in [-0.05, 0) is 18.3 Å².